The molecule has 2 nitrogen and oxygen atoms in total. The molecular weight excluding hydrogens is 228 g/mol. The zero-order valence-corrected chi connectivity index (χ0v) is 10.7. The molecule has 0 saturated carbocycles. The number of rotatable bonds is 4. The zero-order chi connectivity index (χ0) is 12.1. The van der Waals surface area contributed by atoms with Crippen LogP contribution in [-0.4, -0.2) is 4.98 Å². The van der Waals surface area contributed by atoms with Gasteiger partial charge < -0.3 is 5.73 Å². The Morgan fingerprint density at radius 1 is 1.18 bits per heavy atom. The average molecular weight is 244 g/mol. The Labute approximate surface area is 106 Å². The van der Waals surface area contributed by atoms with Crippen LogP contribution in [0.3, 0.4) is 0 Å². The lowest BCUT2D eigenvalue weighted by atomic mass is 10.1. The first-order valence-electron chi connectivity index (χ1n) is 5.64. The van der Waals surface area contributed by atoms with Crippen molar-refractivity contribution in [2.45, 2.75) is 23.6 Å². The molecule has 0 aliphatic carbocycles. The minimum Gasteiger partial charge on any atom is -0.324 e. The van der Waals surface area contributed by atoms with E-state index in [1.807, 2.05) is 31.3 Å². The number of aromatic nitrogens is 1. The van der Waals surface area contributed by atoms with E-state index >= 15 is 0 Å². The summed E-state index contributed by atoms with van der Waals surface area (Å²) in [4.78, 5) is 5.55. The molecule has 17 heavy (non-hydrogen) atoms. The molecule has 0 bridgehead atoms. The highest BCUT2D eigenvalue weighted by molar-refractivity contribution is 7.98. The van der Waals surface area contributed by atoms with E-state index in [9.17, 15) is 0 Å². The molecule has 1 aromatic carbocycles. The Bertz CT molecular complexity index is 451. The largest absolute Gasteiger partial charge is 0.324 e. The monoisotopic (exact) mass is 244 g/mol. The Balaban J connectivity index is 1.96. The molecule has 0 saturated heterocycles. The molecule has 0 radical (unpaired) electrons. The maximum Gasteiger partial charge on any atom is 0.0506 e. The van der Waals surface area contributed by atoms with Crippen molar-refractivity contribution in [3.63, 3.8) is 0 Å². The third-order valence-electron chi connectivity index (χ3n) is 2.52. The fourth-order valence-electron chi connectivity index (χ4n) is 1.51. The Morgan fingerprint density at radius 3 is 2.53 bits per heavy atom. The second-order valence-corrected chi connectivity index (χ2v) is 5.02. The van der Waals surface area contributed by atoms with Gasteiger partial charge in [-0.1, -0.05) is 18.2 Å². The van der Waals surface area contributed by atoms with E-state index in [2.05, 4.69) is 29.2 Å². The van der Waals surface area contributed by atoms with Crippen molar-refractivity contribution >= 4 is 11.8 Å². The SMILES string of the molecule is CC(N)c1ccc(SCc2ccccn2)cc1. The highest BCUT2D eigenvalue weighted by atomic mass is 32.2. The van der Waals surface area contributed by atoms with Gasteiger partial charge in [-0.05, 0) is 36.8 Å². The molecule has 1 heterocycles. The van der Waals surface area contributed by atoms with Gasteiger partial charge in [-0.25, -0.2) is 0 Å². The molecule has 0 aliphatic heterocycles. The molecule has 1 aromatic heterocycles. The van der Waals surface area contributed by atoms with Crippen LogP contribution in [0.25, 0.3) is 0 Å². The smallest absolute Gasteiger partial charge is 0.0506 e. The zero-order valence-electron chi connectivity index (χ0n) is 9.84. The van der Waals surface area contributed by atoms with Gasteiger partial charge in [-0.3, -0.25) is 4.98 Å². The topological polar surface area (TPSA) is 38.9 Å². The summed E-state index contributed by atoms with van der Waals surface area (Å²) < 4.78 is 0. The van der Waals surface area contributed by atoms with Crippen molar-refractivity contribution < 1.29 is 0 Å². The molecule has 2 aromatic rings. The maximum atomic E-state index is 5.81. The van der Waals surface area contributed by atoms with Crippen molar-refractivity contribution in [3.8, 4) is 0 Å². The fourth-order valence-corrected chi connectivity index (χ4v) is 2.32. The molecule has 0 aliphatic rings. The van der Waals surface area contributed by atoms with E-state index in [4.69, 9.17) is 5.73 Å². The van der Waals surface area contributed by atoms with Crippen molar-refractivity contribution in [3.05, 3.63) is 59.9 Å². The number of thioether (sulfide) groups is 1. The predicted octanol–water partition coefficient (Wildman–Crippen LogP) is 3.39. The van der Waals surface area contributed by atoms with E-state index in [1.54, 1.807) is 11.8 Å². The minimum absolute atomic E-state index is 0.102. The summed E-state index contributed by atoms with van der Waals surface area (Å²) in [7, 11) is 0. The highest BCUT2D eigenvalue weighted by Gasteiger charge is 2.00. The number of benzene rings is 1. The molecule has 0 fully saturated rings. The lowest BCUT2D eigenvalue weighted by Crippen LogP contribution is -2.04. The Hall–Kier alpha value is -1.32. The highest BCUT2D eigenvalue weighted by Crippen LogP contribution is 2.23. The van der Waals surface area contributed by atoms with Gasteiger partial charge in [0.2, 0.25) is 0 Å². The number of pyridine rings is 1. The van der Waals surface area contributed by atoms with Crippen molar-refractivity contribution in [1.82, 2.24) is 4.98 Å². The molecule has 0 amide bonds. The quantitative estimate of drug-likeness (QED) is 0.838. The molecule has 88 valence electrons. The van der Waals surface area contributed by atoms with Crippen molar-refractivity contribution in [2.75, 3.05) is 0 Å². The number of nitrogens with two attached hydrogens (primary N) is 1. The van der Waals surface area contributed by atoms with Crippen LogP contribution < -0.4 is 5.73 Å². The van der Waals surface area contributed by atoms with Gasteiger partial charge >= 0.3 is 0 Å². The number of nitrogens with zero attached hydrogens (tertiary/aromatic N) is 1. The third kappa shape index (κ3) is 3.58. The second-order valence-electron chi connectivity index (χ2n) is 3.97. The summed E-state index contributed by atoms with van der Waals surface area (Å²) in [5, 5.41) is 0. The molecule has 0 spiro atoms. The normalized spacial score (nSPS) is 12.4. The summed E-state index contributed by atoms with van der Waals surface area (Å²) in [6.45, 7) is 2.00. The van der Waals surface area contributed by atoms with Gasteiger partial charge in [0.1, 0.15) is 0 Å². The van der Waals surface area contributed by atoms with Crippen LogP contribution in [0, 0.1) is 0 Å². The summed E-state index contributed by atoms with van der Waals surface area (Å²) in [6, 6.07) is 14.5. The lowest BCUT2D eigenvalue weighted by molar-refractivity contribution is 0.817. The van der Waals surface area contributed by atoms with E-state index in [0.29, 0.717) is 0 Å². The van der Waals surface area contributed by atoms with Crippen LogP contribution in [0.4, 0.5) is 0 Å². The molecule has 2 rings (SSSR count). The summed E-state index contributed by atoms with van der Waals surface area (Å²) >= 11 is 1.79. The lowest BCUT2D eigenvalue weighted by Gasteiger charge is -2.06. The molecule has 2 N–H and O–H groups in total. The second kappa shape index (κ2) is 5.84. The van der Waals surface area contributed by atoms with Crippen LogP contribution in [0.5, 0.6) is 0 Å². The summed E-state index contributed by atoms with van der Waals surface area (Å²) in [5.74, 6) is 0.901. The van der Waals surface area contributed by atoms with Gasteiger partial charge in [0.25, 0.3) is 0 Å². The van der Waals surface area contributed by atoms with E-state index in [1.165, 1.54) is 10.5 Å². The molecular formula is C14H16N2S. The molecule has 1 unspecified atom stereocenters. The van der Waals surface area contributed by atoms with Crippen LogP contribution in [0.1, 0.15) is 24.2 Å². The van der Waals surface area contributed by atoms with Gasteiger partial charge in [-0.15, -0.1) is 11.8 Å². The number of hydrogen-bond donors (Lipinski definition) is 1. The molecule has 1 atom stereocenters. The van der Waals surface area contributed by atoms with Crippen molar-refractivity contribution in [2.24, 2.45) is 5.73 Å². The van der Waals surface area contributed by atoms with E-state index < -0.39 is 0 Å². The van der Waals surface area contributed by atoms with E-state index in [0.717, 1.165) is 11.4 Å². The minimum atomic E-state index is 0.102. The maximum absolute atomic E-state index is 5.81. The van der Waals surface area contributed by atoms with Crippen LogP contribution >= 0.6 is 11.8 Å². The van der Waals surface area contributed by atoms with Gasteiger partial charge in [0.05, 0.1) is 5.69 Å². The van der Waals surface area contributed by atoms with Gasteiger partial charge in [-0.2, -0.15) is 0 Å². The third-order valence-corrected chi connectivity index (χ3v) is 3.56. The average Bonchev–Trinajstić information content (AvgIpc) is 2.38. The van der Waals surface area contributed by atoms with Crippen LogP contribution in [-0.2, 0) is 5.75 Å². The first-order chi connectivity index (χ1) is 8.25. The Kier molecular flexibility index (Phi) is 4.18. The van der Waals surface area contributed by atoms with Crippen molar-refractivity contribution in [1.29, 1.82) is 0 Å². The number of hydrogen-bond acceptors (Lipinski definition) is 3. The van der Waals surface area contributed by atoms with E-state index in [-0.39, 0.29) is 6.04 Å². The van der Waals surface area contributed by atoms with Gasteiger partial charge in [0.15, 0.2) is 0 Å². The first-order valence-corrected chi connectivity index (χ1v) is 6.62. The molecule has 3 heteroatoms. The summed E-state index contributed by atoms with van der Waals surface area (Å²) in [6.07, 6.45) is 1.83. The van der Waals surface area contributed by atoms with Crippen LogP contribution in [0.15, 0.2) is 53.6 Å². The Morgan fingerprint density at radius 2 is 1.94 bits per heavy atom. The summed E-state index contributed by atoms with van der Waals surface area (Å²) in [5.41, 5.74) is 8.09. The fraction of sp³-hybridized carbons (Fsp3) is 0.214. The predicted molar refractivity (Wildman–Crippen MR) is 72.8 cm³/mol. The van der Waals surface area contributed by atoms with Crippen LogP contribution in [0.2, 0.25) is 0 Å². The van der Waals surface area contributed by atoms with Gasteiger partial charge in [0, 0.05) is 22.9 Å². The first kappa shape index (κ1) is 12.1. The standard InChI is InChI=1S/C14H16N2S/c1-11(15)12-5-7-14(8-6-12)17-10-13-4-2-3-9-16-13/h2-9,11H,10,15H2,1H3.